The van der Waals surface area contributed by atoms with Crippen LogP contribution in [0.5, 0.6) is 0 Å². The molecule has 1 aromatic carbocycles. The van der Waals surface area contributed by atoms with E-state index in [0.29, 0.717) is 24.6 Å². The molecule has 2 N–H and O–H groups in total. The number of halogens is 1. The highest BCUT2D eigenvalue weighted by molar-refractivity contribution is 5.76. The van der Waals surface area contributed by atoms with Crippen molar-refractivity contribution in [3.8, 4) is 0 Å². The van der Waals surface area contributed by atoms with Crippen LogP contribution in [0.1, 0.15) is 0 Å². The Morgan fingerprint density at radius 1 is 0.846 bits per heavy atom. The molecule has 0 spiro atoms. The average Bonchev–Trinajstić information content (AvgIpc) is 2.69. The van der Waals surface area contributed by atoms with Crippen molar-refractivity contribution in [2.75, 3.05) is 72.9 Å². The Hall–Kier alpha value is -2.61. The highest BCUT2D eigenvalue weighted by atomic mass is 19.1. The SMILES string of the molecule is Nc1c(N2CCOCC2)ncnc1N1CCN(c2ccccc2F)CC1. The van der Waals surface area contributed by atoms with Crippen molar-refractivity contribution in [3.63, 3.8) is 0 Å². The van der Waals surface area contributed by atoms with Crippen LogP contribution in [0.2, 0.25) is 0 Å². The van der Waals surface area contributed by atoms with Gasteiger partial charge in [-0.3, -0.25) is 0 Å². The zero-order valence-electron chi connectivity index (χ0n) is 14.6. The van der Waals surface area contributed by atoms with Gasteiger partial charge in [0.2, 0.25) is 0 Å². The number of hydrogen-bond donors (Lipinski definition) is 1. The van der Waals surface area contributed by atoms with Crippen LogP contribution in [0, 0.1) is 5.82 Å². The molecule has 7 nitrogen and oxygen atoms in total. The second-order valence-electron chi connectivity index (χ2n) is 6.46. The first-order valence-electron chi connectivity index (χ1n) is 8.91. The third kappa shape index (κ3) is 3.24. The van der Waals surface area contributed by atoms with E-state index in [-0.39, 0.29) is 5.82 Å². The Morgan fingerprint density at radius 3 is 2.08 bits per heavy atom. The summed E-state index contributed by atoms with van der Waals surface area (Å²) in [6, 6.07) is 6.89. The molecule has 2 saturated heterocycles. The molecule has 0 unspecified atom stereocenters. The Labute approximate surface area is 152 Å². The lowest BCUT2D eigenvalue weighted by Gasteiger charge is -2.37. The summed E-state index contributed by atoms with van der Waals surface area (Å²) in [6.45, 7) is 5.83. The number of piperazine rings is 1. The van der Waals surface area contributed by atoms with E-state index < -0.39 is 0 Å². The van der Waals surface area contributed by atoms with Crippen molar-refractivity contribution in [2.24, 2.45) is 0 Å². The molecular formula is C18H23FN6O. The van der Waals surface area contributed by atoms with E-state index >= 15 is 0 Å². The van der Waals surface area contributed by atoms with Gasteiger partial charge in [0.05, 0.1) is 18.9 Å². The van der Waals surface area contributed by atoms with E-state index in [1.807, 2.05) is 12.1 Å². The molecule has 4 rings (SSSR count). The molecule has 0 saturated carbocycles. The van der Waals surface area contributed by atoms with Crippen LogP contribution < -0.4 is 20.4 Å². The number of nitrogen functional groups attached to an aromatic ring is 1. The monoisotopic (exact) mass is 358 g/mol. The van der Waals surface area contributed by atoms with Crippen LogP contribution in [0.4, 0.5) is 27.4 Å². The van der Waals surface area contributed by atoms with Gasteiger partial charge in [-0.1, -0.05) is 12.1 Å². The summed E-state index contributed by atoms with van der Waals surface area (Å²) in [5, 5.41) is 0. The fourth-order valence-electron chi connectivity index (χ4n) is 3.52. The molecule has 2 aliphatic heterocycles. The molecule has 0 aliphatic carbocycles. The van der Waals surface area contributed by atoms with Gasteiger partial charge in [-0.2, -0.15) is 0 Å². The third-order valence-electron chi connectivity index (χ3n) is 4.92. The average molecular weight is 358 g/mol. The Kier molecular flexibility index (Phi) is 4.75. The number of ether oxygens (including phenoxy) is 1. The van der Waals surface area contributed by atoms with Crippen molar-refractivity contribution in [1.29, 1.82) is 0 Å². The summed E-state index contributed by atoms with van der Waals surface area (Å²) >= 11 is 0. The van der Waals surface area contributed by atoms with Crippen LogP contribution in [-0.4, -0.2) is 62.5 Å². The van der Waals surface area contributed by atoms with Gasteiger partial charge in [0.25, 0.3) is 0 Å². The minimum Gasteiger partial charge on any atom is -0.393 e. The predicted octanol–water partition coefficient (Wildman–Crippen LogP) is 1.36. The standard InChI is InChI=1S/C18H23FN6O/c19-14-3-1-2-4-15(14)23-5-7-24(8-6-23)17-16(20)18(22-13-21-17)25-9-11-26-12-10-25/h1-4,13H,5-12,20H2. The molecule has 1 aromatic heterocycles. The van der Waals surface area contributed by atoms with E-state index in [1.54, 1.807) is 12.4 Å². The zero-order valence-corrected chi connectivity index (χ0v) is 14.6. The van der Waals surface area contributed by atoms with Gasteiger partial charge in [0, 0.05) is 39.3 Å². The van der Waals surface area contributed by atoms with E-state index in [0.717, 1.165) is 50.9 Å². The third-order valence-corrected chi connectivity index (χ3v) is 4.92. The normalized spacial score (nSPS) is 18.3. The first-order valence-corrected chi connectivity index (χ1v) is 8.91. The lowest BCUT2D eigenvalue weighted by molar-refractivity contribution is 0.122. The summed E-state index contributed by atoms with van der Waals surface area (Å²) < 4.78 is 19.4. The van der Waals surface area contributed by atoms with Gasteiger partial charge >= 0.3 is 0 Å². The number of anilines is 4. The predicted molar refractivity (Wildman–Crippen MR) is 100 cm³/mol. The second kappa shape index (κ2) is 7.33. The van der Waals surface area contributed by atoms with E-state index in [4.69, 9.17) is 10.5 Å². The number of nitrogens with zero attached hydrogens (tertiary/aromatic N) is 5. The highest BCUT2D eigenvalue weighted by Crippen LogP contribution is 2.30. The quantitative estimate of drug-likeness (QED) is 0.888. The van der Waals surface area contributed by atoms with Crippen LogP contribution in [0.25, 0.3) is 0 Å². The second-order valence-corrected chi connectivity index (χ2v) is 6.46. The Morgan fingerprint density at radius 2 is 1.42 bits per heavy atom. The maximum atomic E-state index is 14.0. The van der Waals surface area contributed by atoms with Crippen LogP contribution in [-0.2, 0) is 4.74 Å². The Balaban J connectivity index is 1.48. The van der Waals surface area contributed by atoms with Gasteiger partial charge in [0.1, 0.15) is 17.8 Å². The lowest BCUT2D eigenvalue weighted by atomic mass is 10.2. The van der Waals surface area contributed by atoms with Crippen molar-refractivity contribution in [2.45, 2.75) is 0 Å². The largest absolute Gasteiger partial charge is 0.393 e. The highest BCUT2D eigenvalue weighted by Gasteiger charge is 2.24. The van der Waals surface area contributed by atoms with Crippen molar-refractivity contribution in [3.05, 3.63) is 36.4 Å². The summed E-state index contributed by atoms with van der Waals surface area (Å²) in [5.74, 6) is 1.35. The first kappa shape index (κ1) is 16.8. The molecule has 138 valence electrons. The minimum absolute atomic E-state index is 0.183. The topological polar surface area (TPSA) is 70.7 Å². The molecule has 0 bridgehead atoms. The van der Waals surface area contributed by atoms with E-state index in [2.05, 4.69) is 24.7 Å². The minimum atomic E-state index is -0.183. The maximum Gasteiger partial charge on any atom is 0.157 e. The number of aromatic nitrogens is 2. The lowest BCUT2D eigenvalue weighted by Crippen LogP contribution is -2.47. The molecule has 2 aliphatic rings. The molecule has 26 heavy (non-hydrogen) atoms. The smallest absolute Gasteiger partial charge is 0.157 e. The number of nitrogens with two attached hydrogens (primary N) is 1. The summed E-state index contributed by atoms with van der Waals surface area (Å²) in [6.07, 6.45) is 1.57. The molecule has 8 heteroatoms. The van der Waals surface area contributed by atoms with Gasteiger partial charge in [-0.05, 0) is 12.1 Å². The van der Waals surface area contributed by atoms with Gasteiger partial charge < -0.3 is 25.2 Å². The fourth-order valence-corrected chi connectivity index (χ4v) is 3.52. The maximum absolute atomic E-state index is 14.0. The Bertz CT molecular complexity index is 759. The molecule has 2 aromatic rings. The number of rotatable bonds is 3. The number of para-hydroxylation sites is 1. The zero-order chi connectivity index (χ0) is 17.9. The van der Waals surface area contributed by atoms with Crippen molar-refractivity contribution >= 4 is 23.0 Å². The summed E-state index contributed by atoms with van der Waals surface area (Å²) in [7, 11) is 0. The molecule has 0 radical (unpaired) electrons. The fraction of sp³-hybridized carbons (Fsp3) is 0.444. The van der Waals surface area contributed by atoms with Crippen LogP contribution >= 0.6 is 0 Å². The molecule has 2 fully saturated rings. The van der Waals surface area contributed by atoms with Crippen LogP contribution in [0.3, 0.4) is 0 Å². The van der Waals surface area contributed by atoms with Crippen molar-refractivity contribution in [1.82, 2.24) is 9.97 Å². The molecular weight excluding hydrogens is 335 g/mol. The summed E-state index contributed by atoms with van der Waals surface area (Å²) in [5.41, 5.74) is 7.65. The number of morpholine rings is 1. The number of hydrogen-bond acceptors (Lipinski definition) is 7. The van der Waals surface area contributed by atoms with Gasteiger partial charge in [-0.25, -0.2) is 14.4 Å². The molecule has 3 heterocycles. The number of benzene rings is 1. The first-order chi connectivity index (χ1) is 12.7. The van der Waals surface area contributed by atoms with Gasteiger partial charge in [-0.15, -0.1) is 0 Å². The van der Waals surface area contributed by atoms with E-state index in [1.165, 1.54) is 6.07 Å². The molecule has 0 amide bonds. The van der Waals surface area contributed by atoms with E-state index in [9.17, 15) is 4.39 Å². The summed E-state index contributed by atoms with van der Waals surface area (Å²) in [4.78, 5) is 15.1. The van der Waals surface area contributed by atoms with Gasteiger partial charge in [0.15, 0.2) is 11.6 Å². The van der Waals surface area contributed by atoms with Crippen molar-refractivity contribution < 1.29 is 9.13 Å². The molecule has 0 atom stereocenters. The van der Waals surface area contributed by atoms with Crippen LogP contribution in [0.15, 0.2) is 30.6 Å².